The zero-order valence-electron chi connectivity index (χ0n) is 20.7. The van der Waals surface area contributed by atoms with Crippen molar-refractivity contribution < 1.29 is 27.6 Å². The van der Waals surface area contributed by atoms with Gasteiger partial charge in [0.05, 0.1) is 16.3 Å². The van der Waals surface area contributed by atoms with E-state index in [1.807, 2.05) is 0 Å². The van der Waals surface area contributed by atoms with Gasteiger partial charge in [-0.25, -0.2) is 9.67 Å². The third kappa shape index (κ3) is 6.24. The highest BCUT2D eigenvalue weighted by Crippen LogP contribution is 2.31. The maximum atomic E-state index is 13.5. The van der Waals surface area contributed by atoms with Gasteiger partial charge in [-0.05, 0) is 55.8 Å². The first-order valence-corrected chi connectivity index (χ1v) is 12.2. The Hall–Kier alpha value is -4.42. The fourth-order valence-electron chi connectivity index (χ4n) is 3.68. The highest BCUT2D eigenvalue weighted by molar-refractivity contribution is 6.32. The first kappa shape index (κ1) is 28.6. The molecule has 14 heteroatoms. The van der Waals surface area contributed by atoms with E-state index < -0.39 is 35.3 Å². The van der Waals surface area contributed by atoms with Crippen molar-refractivity contribution in [2.75, 3.05) is 5.32 Å². The van der Waals surface area contributed by atoms with E-state index in [0.29, 0.717) is 16.3 Å². The Morgan fingerprint density at radius 2 is 1.62 bits per heavy atom. The summed E-state index contributed by atoms with van der Waals surface area (Å²) in [6, 6.07) is 12.7. The molecule has 0 unspecified atom stereocenters. The first-order chi connectivity index (χ1) is 18.8. The number of hydrazine groups is 1. The van der Waals surface area contributed by atoms with Crippen molar-refractivity contribution in [3.63, 3.8) is 0 Å². The van der Waals surface area contributed by atoms with E-state index >= 15 is 0 Å². The van der Waals surface area contributed by atoms with Crippen LogP contribution < -0.4 is 16.2 Å². The third-order valence-corrected chi connectivity index (χ3v) is 6.04. The molecule has 0 bridgehead atoms. The lowest BCUT2D eigenvalue weighted by molar-refractivity contribution is -0.141. The van der Waals surface area contributed by atoms with Crippen LogP contribution in [-0.4, -0.2) is 32.5 Å². The smallest absolute Gasteiger partial charge is 0.320 e. The average molecular weight is 591 g/mol. The number of nitrogens with one attached hydrogen (secondary N) is 3. The molecule has 2 heterocycles. The number of aryl methyl sites for hydroxylation is 2. The number of hydrogen-bond acceptors (Lipinski definition) is 5. The second kappa shape index (κ2) is 11.4. The second-order valence-corrected chi connectivity index (χ2v) is 9.35. The van der Waals surface area contributed by atoms with Gasteiger partial charge in [0, 0.05) is 22.8 Å². The lowest BCUT2D eigenvalue weighted by Gasteiger charge is -2.16. The summed E-state index contributed by atoms with van der Waals surface area (Å²) in [6.45, 7) is 3.32. The Morgan fingerprint density at radius 1 is 0.900 bits per heavy atom. The second-order valence-electron chi connectivity index (χ2n) is 8.51. The summed E-state index contributed by atoms with van der Waals surface area (Å²) in [5.74, 6) is -2.71. The molecule has 0 spiro atoms. The Morgan fingerprint density at radius 3 is 2.30 bits per heavy atom. The molecule has 4 rings (SSSR count). The van der Waals surface area contributed by atoms with Crippen LogP contribution in [0.25, 0.3) is 5.82 Å². The van der Waals surface area contributed by atoms with Crippen LogP contribution >= 0.6 is 23.2 Å². The summed E-state index contributed by atoms with van der Waals surface area (Å²) in [5, 5.41) is 6.02. The minimum atomic E-state index is -4.88. The molecule has 0 aliphatic carbocycles. The van der Waals surface area contributed by atoms with E-state index in [2.05, 4.69) is 26.3 Å². The lowest BCUT2D eigenvalue weighted by Crippen LogP contribution is -2.42. The highest BCUT2D eigenvalue weighted by atomic mass is 35.5. The van der Waals surface area contributed by atoms with Crippen LogP contribution in [0.5, 0.6) is 0 Å². The number of alkyl halides is 3. The number of carbonyl (C=O) groups excluding carboxylic acids is 3. The van der Waals surface area contributed by atoms with Crippen molar-refractivity contribution in [3.8, 4) is 5.82 Å². The molecule has 0 saturated carbocycles. The number of nitrogens with zero attached hydrogens (tertiary/aromatic N) is 3. The fourth-order valence-corrected chi connectivity index (χ4v) is 4.16. The summed E-state index contributed by atoms with van der Waals surface area (Å²) in [7, 11) is 0. The van der Waals surface area contributed by atoms with Gasteiger partial charge < -0.3 is 5.32 Å². The first-order valence-electron chi connectivity index (χ1n) is 11.4. The molecule has 2 aromatic carbocycles. The maximum Gasteiger partial charge on any atom is 0.435 e. The van der Waals surface area contributed by atoms with Gasteiger partial charge in [-0.15, -0.1) is 0 Å². The number of carbonyl (C=O) groups is 3. The molecule has 9 nitrogen and oxygen atoms in total. The number of anilines is 1. The van der Waals surface area contributed by atoms with Gasteiger partial charge in [-0.3, -0.25) is 25.2 Å². The predicted octanol–water partition coefficient (Wildman–Crippen LogP) is 5.54. The topological polar surface area (TPSA) is 118 Å². The summed E-state index contributed by atoms with van der Waals surface area (Å²) in [5.41, 5.74) is 3.82. The van der Waals surface area contributed by atoms with Gasteiger partial charge in [0.1, 0.15) is 5.69 Å². The minimum absolute atomic E-state index is 0.0551. The number of benzene rings is 2. The third-order valence-electron chi connectivity index (χ3n) is 5.53. The molecule has 40 heavy (non-hydrogen) atoms. The van der Waals surface area contributed by atoms with Crippen molar-refractivity contribution in [1.82, 2.24) is 25.6 Å². The van der Waals surface area contributed by atoms with Crippen molar-refractivity contribution >= 4 is 46.6 Å². The van der Waals surface area contributed by atoms with E-state index in [4.69, 9.17) is 23.2 Å². The Kier molecular flexibility index (Phi) is 8.12. The van der Waals surface area contributed by atoms with Gasteiger partial charge in [-0.2, -0.15) is 18.3 Å². The van der Waals surface area contributed by atoms with Gasteiger partial charge in [0.15, 0.2) is 11.5 Å². The number of hydrogen-bond donors (Lipinski definition) is 3. The van der Waals surface area contributed by atoms with Crippen LogP contribution in [0.1, 0.15) is 48.0 Å². The van der Waals surface area contributed by atoms with Crippen molar-refractivity contribution in [3.05, 3.63) is 104 Å². The van der Waals surface area contributed by atoms with E-state index in [1.165, 1.54) is 37.4 Å². The van der Waals surface area contributed by atoms with Crippen molar-refractivity contribution in [2.45, 2.75) is 20.0 Å². The van der Waals surface area contributed by atoms with Crippen LogP contribution in [0.4, 0.5) is 18.9 Å². The molecular formula is C26H19Cl2F3N6O3. The van der Waals surface area contributed by atoms with E-state index in [9.17, 15) is 27.6 Å². The molecule has 3 amide bonds. The molecule has 0 radical (unpaired) electrons. The summed E-state index contributed by atoms with van der Waals surface area (Å²) in [6.07, 6.45) is -3.60. The summed E-state index contributed by atoms with van der Waals surface area (Å²) < 4.78 is 41.2. The normalized spacial score (nSPS) is 11.2. The molecule has 0 fully saturated rings. The zero-order valence-corrected chi connectivity index (χ0v) is 22.2. The predicted molar refractivity (Wildman–Crippen MR) is 142 cm³/mol. The Labute approximate surface area is 235 Å². The SMILES string of the molecule is Cc1cccc(C(=O)NNC(=O)c2cc(Cl)cc(C)c2NC(=O)c2cc(C(F)(F)F)nn2-c2ncccc2Cl)c1. The molecule has 0 saturated heterocycles. The number of pyridine rings is 1. The maximum absolute atomic E-state index is 13.5. The number of rotatable bonds is 5. The zero-order chi connectivity index (χ0) is 29.2. The van der Waals surface area contributed by atoms with Crippen LogP contribution in [0.3, 0.4) is 0 Å². The van der Waals surface area contributed by atoms with E-state index in [0.717, 1.165) is 5.56 Å². The highest BCUT2D eigenvalue weighted by Gasteiger charge is 2.37. The number of aromatic nitrogens is 3. The lowest BCUT2D eigenvalue weighted by atomic mass is 10.1. The standard InChI is InChI=1S/C26H19Cl2F3N6O3/c1-13-5-3-6-15(9-13)23(38)34-35-24(39)17-11-16(27)10-14(2)21(17)33-25(40)19-12-20(26(29,30)31)36-37(19)22-18(28)7-4-8-32-22/h3-12H,1-2H3,(H,33,40)(H,34,38)(H,35,39). The fraction of sp³-hybridized carbons (Fsp3) is 0.115. The van der Waals surface area contributed by atoms with Gasteiger partial charge in [0.25, 0.3) is 17.7 Å². The molecule has 3 N–H and O–H groups in total. The van der Waals surface area contributed by atoms with E-state index in [-0.39, 0.29) is 32.7 Å². The van der Waals surface area contributed by atoms with Gasteiger partial charge in [0.2, 0.25) is 0 Å². The molecule has 206 valence electrons. The van der Waals surface area contributed by atoms with Crippen LogP contribution in [-0.2, 0) is 6.18 Å². The van der Waals surface area contributed by atoms with Gasteiger partial charge >= 0.3 is 6.18 Å². The average Bonchev–Trinajstić information content (AvgIpc) is 3.35. The molecule has 4 aromatic rings. The van der Waals surface area contributed by atoms with Crippen LogP contribution in [0.2, 0.25) is 10.0 Å². The molecule has 0 aliphatic rings. The van der Waals surface area contributed by atoms with Gasteiger partial charge in [-0.1, -0.05) is 40.9 Å². The monoisotopic (exact) mass is 590 g/mol. The quantitative estimate of drug-likeness (QED) is 0.264. The molecule has 0 atom stereocenters. The summed E-state index contributed by atoms with van der Waals surface area (Å²) >= 11 is 12.2. The minimum Gasteiger partial charge on any atom is -0.320 e. The number of amides is 3. The molecule has 2 aromatic heterocycles. The molecular weight excluding hydrogens is 572 g/mol. The Bertz CT molecular complexity index is 1640. The van der Waals surface area contributed by atoms with Crippen molar-refractivity contribution in [1.29, 1.82) is 0 Å². The van der Waals surface area contributed by atoms with Crippen LogP contribution in [0.15, 0.2) is 60.8 Å². The number of halogens is 5. The van der Waals surface area contributed by atoms with E-state index in [1.54, 1.807) is 31.2 Å². The van der Waals surface area contributed by atoms with Crippen molar-refractivity contribution in [2.24, 2.45) is 0 Å². The van der Waals surface area contributed by atoms with Crippen LogP contribution in [0, 0.1) is 13.8 Å². The summed E-state index contributed by atoms with van der Waals surface area (Å²) in [4.78, 5) is 42.7. The molecule has 0 aliphatic heterocycles. The Balaban J connectivity index is 1.66. The largest absolute Gasteiger partial charge is 0.435 e.